The topological polar surface area (TPSA) is 40.6 Å². The van der Waals surface area contributed by atoms with Crippen LogP contribution >= 0.6 is 0 Å². The fourth-order valence-electron chi connectivity index (χ4n) is 2.65. The van der Waals surface area contributed by atoms with Gasteiger partial charge in [-0.05, 0) is 12.0 Å². The number of rotatable bonds is 7. The van der Waals surface area contributed by atoms with Crippen LogP contribution in [0.1, 0.15) is 38.2 Å². The molecule has 114 valence electrons. The average molecular weight is 288 g/mol. The summed E-state index contributed by atoms with van der Waals surface area (Å²) in [5.74, 6) is -0.114. The summed E-state index contributed by atoms with van der Waals surface area (Å²) in [6.45, 7) is 4.07. The SMILES string of the molecule is CCCCCCN1C(=O)CN(Cc2ccccc2)CC1=O. The van der Waals surface area contributed by atoms with Gasteiger partial charge in [0.25, 0.3) is 0 Å². The number of benzene rings is 1. The summed E-state index contributed by atoms with van der Waals surface area (Å²) in [7, 11) is 0. The first kappa shape index (κ1) is 15.7. The van der Waals surface area contributed by atoms with Gasteiger partial charge in [0.1, 0.15) is 0 Å². The first-order chi connectivity index (χ1) is 10.2. The van der Waals surface area contributed by atoms with E-state index in [0.29, 0.717) is 26.2 Å². The quantitative estimate of drug-likeness (QED) is 0.571. The van der Waals surface area contributed by atoms with E-state index in [1.807, 2.05) is 35.2 Å². The summed E-state index contributed by atoms with van der Waals surface area (Å²) < 4.78 is 0. The Morgan fingerprint density at radius 3 is 2.24 bits per heavy atom. The Morgan fingerprint density at radius 2 is 1.62 bits per heavy atom. The van der Waals surface area contributed by atoms with E-state index in [1.165, 1.54) is 4.90 Å². The van der Waals surface area contributed by atoms with Crippen LogP contribution < -0.4 is 0 Å². The van der Waals surface area contributed by atoms with Crippen LogP contribution in [0.4, 0.5) is 0 Å². The number of nitrogens with zero attached hydrogens (tertiary/aromatic N) is 2. The Morgan fingerprint density at radius 1 is 0.952 bits per heavy atom. The molecule has 0 radical (unpaired) electrons. The van der Waals surface area contributed by atoms with Gasteiger partial charge in [-0.25, -0.2) is 0 Å². The van der Waals surface area contributed by atoms with Gasteiger partial charge in [-0.1, -0.05) is 56.5 Å². The van der Waals surface area contributed by atoms with E-state index in [2.05, 4.69) is 6.92 Å². The van der Waals surface area contributed by atoms with Crippen molar-refractivity contribution in [2.45, 2.75) is 39.2 Å². The van der Waals surface area contributed by atoms with Crippen molar-refractivity contribution in [2.75, 3.05) is 19.6 Å². The summed E-state index contributed by atoms with van der Waals surface area (Å²) in [6.07, 6.45) is 4.33. The number of imide groups is 1. The molecule has 0 aromatic heterocycles. The van der Waals surface area contributed by atoms with Gasteiger partial charge in [-0.2, -0.15) is 0 Å². The Bertz CT molecular complexity index is 455. The lowest BCUT2D eigenvalue weighted by Crippen LogP contribution is -2.53. The van der Waals surface area contributed by atoms with Crippen molar-refractivity contribution in [1.82, 2.24) is 9.80 Å². The van der Waals surface area contributed by atoms with Gasteiger partial charge >= 0.3 is 0 Å². The van der Waals surface area contributed by atoms with Crippen LogP contribution in [0, 0.1) is 0 Å². The number of amides is 2. The predicted octanol–water partition coefficient (Wildman–Crippen LogP) is 2.44. The van der Waals surface area contributed by atoms with E-state index in [0.717, 1.165) is 31.2 Å². The van der Waals surface area contributed by atoms with Gasteiger partial charge in [-0.15, -0.1) is 0 Å². The molecular weight excluding hydrogens is 264 g/mol. The van der Waals surface area contributed by atoms with Gasteiger partial charge in [0.15, 0.2) is 0 Å². The van der Waals surface area contributed by atoms with Crippen LogP contribution in [0.5, 0.6) is 0 Å². The molecule has 0 N–H and O–H groups in total. The second kappa shape index (κ2) is 7.93. The van der Waals surface area contributed by atoms with Crippen molar-refractivity contribution in [3.63, 3.8) is 0 Å². The fourth-order valence-corrected chi connectivity index (χ4v) is 2.65. The van der Waals surface area contributed by atoms with Crippen LogP contribution in [0.15, 0.2) is 30.3 Å². The summed E-state index contributed by atoms with van der Waals surface area (Å²) >= 11 is 0. The Kier molecular flexibility index (Phi) is 5.93. The molecule has 1 aliphatic heterocycles. The maximum atomic E-state index is 12.1. The predicted molar refractivity (Wildman–Crippen MR) is 82.6 cm³/mol. The summed E-state index contributed by atoms with van der Waals surface area (Å²) in [5.41, 5.74) is 1.13. The van der Waals surface area contributed by atoms with E-state index in [-0.39, 0.29) is 11.8 Å². The van der Waals surface area contributed by atoms with Crippen LogP contribution in [0.2, 0.25) is 0 Å². The minimum atomic E-state index is -0.0568. The van der Waals surface area contributed by atoms with Crippen molar-refractivity contribution < 1.29 is 9.59 Å². The van der Waals surface area contributed by atoms with Crippen molar-refractivity contribution in [2.24, 2.45) is 0 Å². The molecular formula is C17H24N2O2. The number of unbranched alkanes of at least 4 members (excludes halogenated alkanes) is 3. The van der Waals surface area contributed by atoms with E-state index in [4.69, 9.17) is 0 Å². The van der Waals surface area contributed by atoms with Crippen molar-refractivity contribution >= 4 is 11.8 Å². The normalized spacial score (nSPS) is 16.5. The molecule has 1 fully saturated rings. The zero-order valence-corrected chi connectivity index (χ0v) is 12.8. The van der Waals surface area contributed by atoms with Crippen molar-refractivity contribution in [1.29, 1.82) is 0 Å². The number of carbonyl (C=O) groups excluding carboxylic acids is 2. The average Bonchev–Trinajstić information content (AvgIpc) is 2.47. The summed E-state index contributed by atoms with van der Waals surface area (Å²) in [6, 6.07) is 9.96. The number of hydrogen-bond donors (Lipinski definition) is 0. The standard InChI is InChI=1S/C17H24N2O2/c1-2-3-4-8-11-19-16(20)13-18(14-17(19)21)12-15-9-6-5-7-10-15/h5-7,9-10H,2-4,8,11-14H2,1H3. The lowest BCUT2D eigenvalue weighted by Gasteiger charge is -2.32. The Balaban J connectivity index is 1.84. The molecule has 1 heterocycles. The Labute approximate surface area is 126 Å². The second-order valence-corrected chi connectivity index (χ2v) is 5.63. The van der Waals surface area contributed by atoms with Gasteiger partial charge in [0.05, 0.1) is 13.1 Å². The van der Waals surface area contributed by atoms with E-state index < -0.39 is 0 Å². The molecule has 0 saturated carbocycles. The van der Waals surface area contributed by atoms with Gasteiger partial charge in [0.2, 0.25) is 11.8 Å². The third-order valence-electron chi connectivity index (χ3n) is 3.80. The van der Waals surface area contributed by atoms with E-state index in [1.54, 1.807) is 0 Å². The highest BCUT2D eigenvalue weighted by Crippen LogP contribution is 2.11. The minimum Gasteiger partial charge on any atom is -0.281 e. The largest absolute Gasteiger partial charge is 0.281 e. The highest BCUT2D eigenvalue weighted by atomic mass is 16.2. The number of hydrogen-bond acceptors (Lipinski definition) is 3. The zero-order valence-electron chi connectivity index (χ0n) is 12.8. The lowest BCUT2D eigenvalue weighted by atomic mass is 10.1. The molecule has 1 aliphatic rings. The molecule has 0 spiro atoms. The molecule has 1 aromatic carbocycles. The molecule has 0 bridgehead atoms. The zero-order chi connectivity index (χ0) is 15.1. The molecule has 0 unspecified atom stereocenters. The van der Waals surface area contributed by atoms with Gasteiger partial charge < -0.3 is 0 Å². The second-order valence-electron chi connectivity index (χ2n) is 5.63. The van der Waals surface area contributed by atoms with Crippen LogP contribution in [0.25, 0.3) is 0 Å². The van der Waals surface area contributed by atoms with Crippen molar-refractivity contribution in [3.8, 4) is 0 Å². The Hall–Kier alpha value is -1.68. The molecule has 2 amide bonds. The van der Waals surface area contributed by atoms with Crippen LogP contribution in [-0.2, 0) is 16.1 Å². The van der Waals surface area contributed by atoms with Gasteiger partial charge in [0, 0.05) is 13.1 Å². The molecule has 21 heavy (non-hydrogen) atoms. The molecule has 4 heteroatoms. The van der Waals surface area contributed by atoms with Crippen LogP contribution in [-0.4, -0.2) is 41.2 Å². The van der Waals surface area contributed by atoms with Crippen LogP contribution in [0.3, 0.4) is 0 Å². The molecule has 1 aromatic rings. The first-order valence-corrected chi connectivity index (χ1v) is 7.80. The first-order valence-electron chi connectivity index (χ1n) is 7.80. The smallest absolute Gasteiger partial charge is 0.243 e. The molecule has 1 saturated heterocycles. The molecule has 0 atom stereocenters. The van der Waals surface area contributed by atoms with E-state index >= 15 is 0 Å². The van der Waals surface area contributed by atoms with Crippen molar-refractivity contribution in [3.05, 3.63) is 35.9 Å². The molecule has 2 rings (SSSR count). The maximum absolute atomic E-state index is 12.1. The maximum Gasteiger partial charge on any atom is 0.243 e. The third kappa shape index (κ3) is 4.67. The third-order valence-corrected chi connectivity index (χ3v) is 3.80. The number of piperazine rings is 1. The highest BCUT2D eigenvalue weighted by molar-refractivity contribution is 5.99. The van der Waals surface area contributed by atoms with Gasteiger partial charge in [-0.3, -0.25) is 19.4 Å². The molecule has 0 aliphatic carbocycles. The highest BCUT2D eigenvalue weighted by Gasteiger charge is 2.30. The van der Waals surface area contributed by atoms with E-state index in [9.17, 15) is 9.59 Å². The summed E-state index contributed by atoms with van der Waals surface area (Å²) in [4.78, 5) is 27.6. The number of carbonyl (C=O) groups is 2. The molecule has 4 nitrogen and oxygen atoms in total. The fraction of sp³-hybridized carbons (Fsp3) is 0.529. The lowest BCUT2D eigenvalue weighted by molar-refractivity contribution is -0.151. The summed E-state index contributed by atoms with van der Waals surface area (Å²) in [5, 5.41) is 0. The monoisotopic (exact) mass is 288 g/mol. The minimum absolute atomic E-state index is 0.0568.